The van der Waals surface area contributed by atoms with Gasteiger partial charge in [0.05, 0.1) is 12.6 Å². The first-order chi connectivity index (χ1) is 18.8. The van der Waals surface area contributed by atoms with Crippen molar-refractivity contribution in [1.82, 2.24) is 10.2 Å². The Balaban J connectivity index is 1.42. The Morgan fingerprint density at radius 1 is 1.15 bits per heavy atom. The third-order valence-corrected chi connectivity index (χ3v) is 7.96. The molecule has 2 bridgehead atoms. The largest absolute Gasteiger partial charge is 0.490 e. The zero-order chi connectivity index (χ0) is 27.3. The Hall–Kier alpha value is -3.98. The maximum atomic E-state index is 14.1. The summed E-state index contributed by atoms with van der Waals surface area (Å²) < 4.78 is 23.8. The molecular formula is C30H31N3O5S. The molecule has 3 aromatic carbocycles. The normalized spacial score (nSPS) is 22.5. The topological polar surface area (TPSA) is 81.3 Å². The first-order valence-corrected chi connectivity index (χ1v) is 13.5. The van der Waals surface area contributed by atoms with Crippen LogP contribution in [0.15, 0.2) is 54.6 Å². The van der Waals surface area contributed by atoms with Gasteiger partial charge in [-0.1, -0.05) is 35.9 Å². The number of nitrogens with one attached hydrogen (secondary N) is 2. The minimum atomic E-state index is -1.12. The lowest BCUT2D eigenvalue weighted by Gasteiger charge is -2.56. The molecular weight excluding hydrogens is 514 g/mol. The molecule has 2 N–H and O–H groups in total. The van der Waals surface area contributed by atoms with Crippen LogP contribution < -0.4 is 29.6 Å². The quantitative estimate of drug-likeness (QED) is 0.408. The number of hydrogen-bond acceptors (Lipinski definition) is 6. The number of para-hydroxylation sites is 1. The van der Waals surface area contributed by atoms with Gasteiger partial charge in [0.15, 0.2) is 33.8 Å². The maximum absolute atomic E-state index is 14.1. The number of hydrogen-bond donors (Lipinski definition) is 2. The SMILES string of the molecule is CCOc1cccc2c1O[C@]1(C)[C@H](C(=O)Nc3ccc(C)cc3C)[C@@H]2NC(=S)N1Cc1ccc2c(c1)OCO2. The number of nitrogens with zero attached hydrogens (tertiary/aromatic N) is 1. The van der Waals surface area contributed by atoms with E-state index >= 15 is 0 Å². The lowest BCUT2D eigenvalue weighted by Crippen LogP contribution is -2.71. The number of carbonyl (C=O) groups excluding carboxylic acids is 1. The average Bonchev–Trinajstić information content (AvgIpc) is 3.37. The van der Waals surface area contributed by atoms with E-state index in [4.69, 9.17) is 31.2 Å². The monoisotopic (exact) mass is 545 g/mol. The predicted molar refractivity (Wildman–Crippen MR) is 151 cm³/mol. The molecule has 0 radical (unpaired) electrons. The molecule has 3 heterocycles. The van der Waals surface area contributed by atoms with E-state index in [0.717, 1.165) is 27.9 Å². The van der Waals surface area contributed by atoms with Gasteiger partial charge >= 0.3 is 0 Å². The van der Waals surface area contributed by atoms with Crippen molar-refractivity contribution in [2.45, 2.75) is 46.0 Å². The molecule has 0 unspecified atom stereocenters. The molecule has 3 atom stereocenters. The van der Waals surface area contributed by atoms with Gasteiger partial charge in [-0.05, 0) is 75.3 Å². The fourth-order valence-electron chi connectivity index (χ4n) is 5.72. The first kappa shape index (κ1) is 25.3. The summed E-state index contributed by atoms with van der Waals surface area (Å²) in [6.07, 6.45) is 0. The van der Waals surface area contributed by atoms with E-state index in [1.807, 2.05) is 81.1 Å². The highest BCUT2D eigenvalue weighted by molar-refractivity contribution is 7.80. The van der Waals surface area contributed by atoms with Gasteiger partial charge in [0.25, 0.3) is 0 Å². The number of aryl methyl sites for hydroxylation is 2. The van der Waals surface area contributed by atoms with E-state index < -0.39 is 17.7 Å². The van der Waals surface area contributed by atoms with Crippen LogP contribution >= 0.6 is 12.2 Å². The molecule has 0 aromatic heterocycles. The Kier molecular flexibility index (Phi) is 6.26. The fraction of sp³-hybridized carbons (Fsp3) is 0.333. The molecule has 8 nitrogen and oxygen atoms in total. The van der Waals surface area contributed by atoms with Gasteiger partial charge in [-0.25, -0.2) is 0 Å². The summed E-state index contributed by atoms with van der Waals surface area (Å²) in [4.78, 5) is 16.1. The number of amides is 1. The fourth-order valence-corrected chi connectivity index (χ4v) is 6.09. The van der Waals surface area contributed by atoms with E-state index in [1.54, 1.807) is 0 Å². The lowest BCUT2D eigenvalue weighted by molar-refractivity contribution is -0.151. The van der Waals surface area contributed by atoms with Gasteiger partial charge < -0.3 is 34.5 Å². The van der Waals surface area contributed by atoms with Crippen LogP contribution in [-0.4, -0.2) is 35.0 Å². The molecule has 3 aromatic rings. The second kappa shape index (κ2) is 9.64. The summed E-state index contributed by atoms with van der Waals surface area (Å²) >= 11 is 5.89. The second-order valence-corrected chi connectivity index (χ2v) is 10.6. The standard InChI is InChI=1S/C30H31N3O5S/c1-5-35-23-8-6-7-20-26-25(28(34)31-21-11-9-17(2)13-18(21)3)30(4,38-27(20)23)33(29(39)32-26)15-19-10-12-22-24(14-19)37-16-36-22/h6-14,25-26H,5,15-16H2,1-4H3,(H,31,34)(H,32,39)/t25-,26+,30+/m0/s1. The Morgan fingerprint density at radius 3 is 2.77 bits per heavy atom. The van der Waals surface area contributed by atoms with Crippen LogP contribution in [0.25, 0.3) is 0 Å². The molecule has 6 rings (SSSR count). The van der Waals surface area contributed by atoms with Crippen LogP contribution in [0.3, 0.4) is 0 Å². The number of ether oxygens (including phenoxy) is 4. The van der Waals surface area contributed by atoms with Crippen molar-refractivity contribution in [2.75, 3.05) is 18.7 Å². The minimum Gasteiger partial charge on any atom is -0.490 e. The molecule has 1 amide bonds. The van der Waals surface area contributed by atoms with Crippen LogP contribution in [0.4, 0.5) is 5.69 Å². The van der Waals surface area contributed by atoms with Gasteiger partial charge in [0.1, 0.15) is 5.92 Å². The highest BCUT2D eigenvalue weighted by Gasteiger charge is 2.59. The summed E-state index contributed by atoms with van der Waals surface area (Å²) in [5.41, 5.74) is 3.57. The third-order valence-electron chi connectivity index (χ3n) is 7.62. The minimum absolute atomic E-state index is 0.160. The van der Waals surface area contributed by atoms with Gasteiger partial charge in [-0.15, -0.1) is 0 Å². The lowest BCUT2D eigenvalue weighted by atomic mass is 9.78. The van der Waals surface area contributed by atoms with Crippen molar-refractivity contribution >= 4 is 28.9 Å². The summed E-state index contributed by atoms with van der Waals surface area (Å²) in [6, 6.07) is 17.1. The van der Waals surface area contributed by atoms with E-state index in [-0.39, 0.29) is 12.7 Å². The van der Waals surface area contributed by atoms with Gasteiger partial charge in [-0.3, -0.25) is 4.79 Å². The molecule has 0 saturated carbocycles. The Morgan fingerprint density at radius 2 is 1.97 bits per heavy atom. The van der Waals surface area contributed by atoms with Gasteiger partial charge in [-0.2, -0.15) is 0 Å². The van der Waals surface area contributed by atoms with Crippen molar-refractivity contribution < 1.29 is 23.7 Å². The molecule has 3 aliphatic rings. The first-order valence-electron chi connectivity index (χ1n) is 13.1. The Bertz CT molecular complexity index is 1480. The number of rotatable bonds is 6. The van der Waals surface area contributed by atoms with E-state index in [1.165, 1.54) is 0 Å². The summed E-state index contributed by atoms with van der Waals surface area (Å²) in [7, 11) is 0. The maximum Gasteiger partial charge on any atom is 0.236 e. The van der Waals surface area contributed by atoms with Crippen molar-refractivity contribution in [3.8, 4) is 23.0 Å². The van der Waals surface area contributed by atoms with Crippen LogP contribution in [0.1, 0.15) is 42.1 Å². The number of thiocarbonyl (C=S) groups is 1. The van der Waals surface area contributed by atoms with Crippen molar-refractivity contribution in [2.24, 2.45) is 5.92 Å². The highest BCUT2D eigenvalue weighted by Crippen LogP contribution is 2.52. The zero-order valence-electron chi connectivity index (χ0n) is 22.4. The molecule has 202 valence electrons. The van der Waals surface area contributed by atoms with E-state index in [0.29, 0.717) is 41.3 Å². The number of fused-ring (bicyclic) bond motifs is 5. The molecule has 1 saturated heterocycles. The van der Waals surface area contributed by atoms with Gasteiger partial charge in [0, 0.05) is 17.8 Å². The van der Waals surface area contributed by atoms with Crippen LogP contribution in [0.5, 0.6) is 23.0 Å². The molecule has 0 spiro atoms. The number of benzene rings is 3. The van der Waals surface area contributed by atoms with E-state index in [2.05, 4.69) is 16.7 Å². The van der Waals surface area contributed by atoms with Crippen LogP contribution in [0, 0.1) is 19.8 Å². The molecule has 9 heteroatoms. The highest BCUT2D eigenvalue weighted by atomic mass is 32.1. The second-order valence-electron chi connectivity index (χ2n) is 10.3. The molecule has 1 fully saturated rings. The van der Waals surface area contributed by atoms with Crippen LogP contribution in [0.2, 0.25) is 0 Å². The Labute approximate surface area is 233 Å². The van der Waals surface area contributed by atoms with Gasteiger partial charge in [0.2, 0.25) is 12.7 Å². The van der Waals surface area contributed by atoms with Crippen molar-refractivity contribution in [3.63, 3.8) is 0 Å². The summed E-state index contributed by atoms with van der Waals surface area (Å²) in [5.74, 6) is 1.85. The molecule has 39 heavy (non-hydrogen) atoms. The number of carbonyl (C=O) groups is 1. The average molecular weight is 546 g/mol. The zero-order valence-corrected chi connectivity index (χ0v) is 23.2. The summed E-state index contributed by atoms with van der Waals surface area (Å²) in [6.45, 7) is 8.97. The molecule has 3 aliphatic heterocycles. The predicted octanol–water partition coefficient (Wildman–Crippen LogP) is 5.23. The summed E-state index contributed by atoms with van der Waals surface area (Å²) in [5, 5.41) is 7.14. The number of anilines is 1. The van der Waals surface area contributed by atoms with Crippen molar-refractivity contribution in [1.29, 1.82) is 0 Å². The van der Waals surface area contributed by atoms with Crippen molar-refractivity contribution in [3.05, 3.63) is 76.9 Å². The van der Waals surface area contributed by atoms with Crippen LogP contribution in [-0.2, 0) is 11.3 Å². The third kappa shape index (κ3) is 4.30. The molecule has 0 aliphatic carbocycles. The van der Waals surface area contributed by atoms with E-state index in [9.17, 15) is 4.79 Å². The smallest absolute Gasteiger partial charge is 0.236 e.